The number of Topliss-reactive ketones (excluding diaryl/α,β-unsaturated/α-hetero) is 1. The Balaban J connectivity index is 1.62. The molecule has 1 aromatic carbocycles. The fourth-order valence-corrected chi connectivity index (χ4v) is 3.98. The predicted octanol–water partition coefficient (Wildman–Crippen LogP) is 2.33. The Labute approximate surface area is 158 Å². The number of ketones is 1. The van der Waals surface area contributed by atoms with Crippen molar-refractivity contribution in [3.63, 3.8) is 0 Å². The first-order chi connectivity index (χ1) is 13.1. The Kier molecular flexibility index (Phi) is 4.76. The van der Waals surface area contributed by atoms with Crippen LogP contribution in [-0.4, -0.2) is 46.4 Å². The van der Waals surface area contributed by atoms with E-state index in [1.165, 1.54) is 12.6 Å². The van der Waals surface area contributed by atoms with E-state index < -0.39 is 11.5 Å². The lowest BCUT2D eigenvalue weighted by atomic mass is 9.88. The van der Waals surface area contributed by atoms with E-state index in [1.807, 2.05) is 12.1 Å². The van der Waals surface area contributed by atoms with E-state index in [0.717, 1.165) is 25.9 Å². The van der Waals surface area contributed by atoms with Crippen LogP contribution in [0.25, 0.3) is 0 Å². The molecule has 2 aliphatic heterocycles. The largest absolute Gasteiger partial charge is 0.375 e. The third kappa shape index (κ3) is 3.26. The highest BCUT2D eigenvalue weighted by atomic mass is 16.3. The molecule has 0 saturated carbocycles. The summed E-state index contributed by atoms with van der Waals surface area (Å²) in [6.45, 7) is 2.33. The van der Waals surface area contributed by atoms with Crippen molar-refractivity contribution in [2.75, 3.05) is 24.7 Å². The van der Waals surface area contributed by atoms with Gasteiger partial charge in [0.1, 0.15) is 0 Å². The molecule has 1 N–H and O–H groups in total. The van der Waals surface area contributed by atoms with Gasteiger partial charge in [-0.15, -0.1) is 0 Å². The Bertz CT molecular complexity index is 849. The van der Waals surface area contributed by atoms with Crippen molar-refractivity contribution in [1.29, 1.82) is 0 Å². The number of pyridine rings is 1. The predicted molar refractivity (Wildman–Crippen MR) is 101 cm³/mol. The molecule has 0 spiro atoms. The number of piperidine rings is 1. The maximum absolute atomic E-state index is 13.2. The van der Waals surface area contributed by atoms with Gasteiger partial charge in [-0.25, -0.2) is 0 Å². The minimum absolute atomic E-state index is 0.287. The van der Waals surface area contributed by atoms with Crippen molar-refractivity contribution >= 4 is 17.4 Å². The van der Waals surface area contributed by atoms with Crippen LogP contribution in [0, 0.1) is 0 Å². The van der Waals surface area contributed by atoms with Crippen LogP contribution >= 0.6 is 0 Å². The Morgan fingerprint density at radius 1 is 1.11 bits per heavy atom. The standard InChI is InChI=1S/C21H23N3O3/c25-19(16-7-6-10-22-14-16)13-21(27)17-8-2-3-9-18(17)24(20(21)26)15-23-11-4-1-5-12-23/h2-3,6-10,14,27H,1,4-5,11-13,15H2/t21-/m1/s1. The first-order valence-electron chi connectivity index (χ1n) is 9.39. The third-order valence-electron chi connectivity index (χ3n) is 5.43. The normalized spacial score (nSPS) is 22.7. The molecule has 1 amide bonds. The molecular formula is C21H23N3O3. The van der Waals surface area contributed by atoms with Crippen LogP contribution in [0.5, 0.6) is 0 Å². The van der Waals surface area contributed by atoms with Gasteiger partial charge >= 0.3 is 0 Å². The van der Waals surface area contributed by atoms with Gasteiger partial charge in [-0.2, -0.15) is 0 Å². The number of fused-ring (bicyclic) bond motifs is 1. The van der Waals surface area contributed by atoms with Crippen molar-refractivity contribution in [2.24, 2.45) is 0 Å². The van der Waals surface area contributed by atoms with Crippen LogP contribution in [0.15, 0.2) is 48.8 Å². The molecule has 2 aromatic rings. The van der Waals surface area contributed by atoms with Crippen molar-refractivity contribution < 1.29 is 14.7 Å². The zero-order valence-corrected chi connectivity index (χ0v) is 15.2. The summed E-state index contributed by atoms with van der Waals surface area (Å²) in [7, 11) is 0. The molecule has 3 heterocycles. The fraction of sp³-hybridized carbons (Fsp3) is 0.381. The van der Waals surface area contributed by atoms with Crippen molar-refractivity contribution in [3.8, 4) is 0 Å². The number of carbonyl (C=O) groups excluding carboxylic acids is 2. The highest BCUT2D eigenvalue weighted by molar-refractivity contribution is 6.10. The second-order valence-electron chi connectivity index (χ2n) is 7.27. The number of aromatic nitrogens is 1. The number of amides is 1. The Morgan fingerprint density at radius 2 is 1.89 bits per heavy atom. The molecule has 1 atom stereocenters. The molecule has 6 nitrogen and oxygen atoms in total. The summed E-state index contributed by atoms with van der Waals surface area (Å²) in [5, 5.41) is 11.3. The summed E-state index contributed by atoms with van der Waals surface area (Å²) in [5.41, 5.74) is -0.247. The third-order valence-corrected chi connectivity index (χ3v) is 5.43. The second kappa shape index (κ2) is 7.21. The summed E-state index contributed by atoms with van der Waals surface area (Å²) < 4.78 is 0. The molecule has 1 saturated heterocycles. The Hall–Kier alpha value is -2.57. The number of likely N-dealkylation sites (tertiary alicyclic amines) is 1. The lowest BCUT2D eigenvalue weighted by Gasteiger charge is -2.31. The van der Waals surface area contributed by atoms with Crippen LogP contribution in [0.3, 0.4) is 0 Å². The smallest absolute Gasteiger partial charge is 0.265 e. The quantitative estimate of drug-likeness (QED) is 0.824. The summed E-state index contributed by atoms with van der Waals surface area (Å²) in [6.07, 6.45) is 6.21. The fourth-order valence-electron chi connectivity index (χ4n) is 3.98. The highest BCUT2D eigenvalue weighted by Crippen LogP contribution is 2.43. The first kappa shape index (κ1) is 17.8. The number of anilines is 1. The topological polar surface area (TPSA) is 73.7 Å². The molecule has 1 fully saturated rings. The van der Waals surface area contributed by atoms with Gasteiger partial charge < -0.3 is 5.11 Å². The number of para-hydroxylation sites is 1. The van der Waals surface area contributed by atoms with Gasteiger partial charge in [-0.05, 0) is 44.1 Å². The SMILES string of the molecule is O=C(C[C@]1(O)C(=O)N(CN2CCCCC2)c2ccccc21)c1cccnc1. The average Bonchev–Trinajstić information content (AvgIpc) is 2.92. The molecule has 140 valence electrons. The molecule has 0 bridgehead atoms. The lowest BCUT2D eigenvalue weighted by molar-refractivity contribution is -0.136. The Morgan fingerprint density at radius 3 is 2.63 bits per heavy atom. The number of rotatable bonds is 5. The number of carbonyl (C=O) groups is 2. The summed E-state index contributed by atoms with van der Waals surface area (Å²) in [4.78, 5) is 33.7. The molecule has 1 aromatic heterocycles. The molecule has 0 aliphatic carbocycles. The number of hydrogen-bond donors (Lipinski definition) is 1. The second-order valence-corrected chi connectivity index (χ2v) is 7.27. The van der Waals surface area contributed by atoms with E-state index in [4.69, 9.17) is 0 Å². The van der Waals surface area contributed by atoms with Crippen LogP contribution in [0.4, 0.5) is 5.69 Å². The molecule has 27 heavy (non-hydrogen) atoms. The molecule has 2 aliphatic rings. The number of aliphatic hydroxyl groups is 1. The van der Waals surface area contributed by atoms with Crippen molar-refractivity contribution in [1.82, 2.24) is 9.88 Å². The van der Waals surface area contributed by atoms with Gasteiger partial charge in [0.05, 0.1) is 18.8 Å². The van der Waals surface area contributed by atoms with Gasteiger partial charge in [0.2, 0.25) is 0 Å². The zero-order chi connectivity index (χ0) is 18.9. The van der Waals surface area contributed by atoms with Crippen molar-refractivity contribution in [2.45, 2.75) is 31.3 Å². The summed E-state index contributed by atoms with van der Waals surface area (Å²) >= 11 is 0. The minimum atomic E-state index is -1.83. The van der Waals surface area contributed by atoms with Crippen LogP contribution in [0.1, 0.15) is 41.6 Å². The summed E-state index contributed by atoms with van der Waals surface area (Å²) in [6, 6.07) is 10.5. The monoisotopic (exact) mass is 365 g/mol. The van der Waals surface area contributed by atoms with Crippen molar-refractivity contribution in [3.05, 3.63) is 59.9 Å². The van der Waals surface area contributed by atoms with E-state index in [9.17, 15) is 14.7 Å². The zero-order valence-electron chi connectivity index (χ0n) is 15.2. The number of hydrogen-bond acceptors (Lipinski definition) is 5. The molecule has 0 radical (unpaired) electrons. The molecule has 4 rings (SSSR count). The first-order valence-corrected chi connectivity index (χ1v) is 9.39. The van der Waals surface area contributed by atoms with E-state index in [2.05, 4.69) is 9.88 Å². The van der Waals surface area contributed by atoms with Gasteiger partial charge in [0, 0.05) is 23.5 Å². The van der Waals surface area contributed by atoms with Crippen LogP contribution in [-0.2, 0) is 10.4 Å². The summed E-state index contributed by atoms with van der Waals surface area (Å²) in [5.74, 6) is -0.722. The van der Waals surface area contributed by atoms with E-state index in [1.54, 1.807) is 35.4 Å². The van der Waals surface area contributed by atoms with E-state index in [0.29, 0.717) is 23.5 Å². The lowest BCUT2D eigenvalue weighted by Crippen LogP contribution is -2.47. The molecule has 0 unspecified atom stereocenters. The van der Waals surface area contributed by atoms with E-state index >= 15 is 0 Å². The number of benzene rings is 1. The van der Waals surface area contributed by atoms with Gasteiger partial charge in [-0.1, -0.05) is 24.6 Å². The average molecular weight is 365 g/mol. The van der Waals surface area contributed by atoms with Crippen LogP contribution < -0.4 is 4.90 Å². The van der Waals surface area contributed by atoms with E-state index in [-0.39, 0.29) is 12.2 Å². The molecular weight excluding hydrogens is 342 g/mol. The van der Waals surface area contributed by atoms with Gasteiger partial charge in [0.15, 0.2) is 11.4 Å². The van der Waals surface area contributed by atoms with Crippen LogP contribution in [0.2, 0.25) is 0 Å². The molecule has 6 heteroatoms. The maximum atomic E-state index is 13.2. The van der Waals surface area contributed by atoms with Gasteiger partial charge in [0.25, 0.3) is 5.91 Å². The van der Waals surface area contributed by atoms with Gasteiger partial charge in [-0.3, -0.25) is 24.4 Å². The number of nitrogens with zero attached hydrogens (tertiary/aromatic N) is 3. The maximum Gasteiger partial charge on any atom is 0.265 e. The minimum Gasteiger partial charge on any atom is -0.375 e. The highest BCUT2D eigenvalue weighted by Gasteiger charge is 2.51.